The largest absolute Gasteiger partial charge is 0.375 e. The Bertz CT molecular complexity index is 362. The molecule has 4 nitrogen and oxygen atoms in total. The monoisotopic (exact) mass is 255 g/mol. The van der Waals surface area contributed by atoms with Crippen LogP contribution in [0.4, 0.5) is 5.13 Å². The number of rotatable bonds is 6. The lowest BCUT2D eigenvalue weighted by atomic mass is 10.2. The topological polar surface area (TPSA) is 59.2 Å². The average molecular weight is 255 g/mol. The molecular weight excluding hydrogens is 234 g/mol. The van der Waals surface area contributed by atoms with Crippen LogP contribution < -0.4 is 5.73 Å². The Morgan fingerprint density at radius 1 is 1.53 bits per heavy atom. The maximum atomic E-state index is 12.2. The third-order valence-corrected chi connectivity index (χ3v) is 3.30. The van der Waals surface area contributed by atoms with Crippen molar-refractivity contribution in [1.82, 2.24) is 9.88 Å². The van der Waals surface area contributed by atoms with Crippen LogP contribution in [0, 0.1) is 0 Å². The number of anilines is 1. The van der Waals surface area contributed by atoms with Crippen LogP contribution in [0.5, 0.6) is 0 Å². The van der Waals surface area contributed by atoms with E-state index in [-0.39, 0.29) is 11.9 Å². The maximum absolute atomic E-state index is 12.2. The molecule has 0 spiro atoms. The van der Waals surface area contributed by atoms with Crippen molar-refractivity contribution in [3.63, 3.8) is 0 Å². The molecule has 0 fully saturated rings. The van der Waals surface area contributed by atoms with Gasteiger partial charge >= 0.3 is 0 Å². The lowest BCUT2D eigenvalue weighted by molar-refractivity contribution is 0.0697. The minimum Gasteiger partial charge on any atom is -0.375 e. The number of aromatic nitrogens is 1. The molecule has 0 unspecified atom stereocenters. The highest BCUT2D eigenvalue weighted by Gasteiger charge is 2.20. The summed E-state index contributed by atoms with van der Waals surface area (Å²) in [7, 11) is 0. The number of amides is 1. The molecule has 0 aromatic carbocycles. The first-order chi connectivity index (χ1) is 8.06. The fraction of sp³-hybridized carbons (Fsp3) is 0.667. The number of thiazole rings is 1. The number of carbonyl (C=O) groups is 1. The van der Waals surface area contributed by atoms with Gasteiger partial charge in [0.15, 0.2) is 5.13 Å². The molecule has 0 saturated carbocycles. The van der Waals surface area contributed by atoms with E-state index in [2.05, 4.69) is 11.9 Å². The lowest BCUT2D eigenvalue weighted by Gasteiger charge is -2.26. The van der Waals surface area contributed by atoms with E-state index < -0.39 is 0 Å². The van der Waals surface area contributed by atoms with E-state index in [9.17, 15) is 4.79 Å². The van der Waals surface area contributed by atoms with Crippen LogP contribution in [0.2, 0.25) is 0 Å². The molecular formula is C12H21N3OS. The van der Waals surface area contributed by atoms with Crippen LogP contribution in [0.1, 0.15) is 50.5 Å². The molecule has 5 heteroatoms. The summed E-state index contributed by atoms with van der Waals surface area (Å²) in [5, 5.41) is 2.18. The summed E-state index contributed by atoms with van der Waals surface area (Å²) in [5.41, 5.74) is 6.02. The van der Waals surface area contributed by atoms with Gasteiger partial charge in [0.2, 0.25) is 0 Å². The van der Waals surface area contributed by atoms with E-state index in [4.69, 9.17) is 5.73 Å². The number of carbonyl (C=O) groups excluding carboxylic acids is 1. The van der Waals surface area contributed by atoms with Crippen molar-refractivity contribution in [3.05, 3.63) is 11.1 Å². The molecule has 1 aromatic heterocycles. The first kappa shape index (κ1) is 14.0. The van der Waals surface area contributed by atoms with Gasteiger partial charge in [0.05, 0.1) is 0 Å². The molecule has 0 bridgehead atoms. The second kappa shape index (κ2) is 6.59. The van der Waals surface area contributed by atoms with Crippen molar-refractivity contribution in [1.29, 1.82) is 0 Å². The molecule has 1 amide bonds. The number of hydrogen-bond donors (Lipinski definition) is 1. The van der Waals surface area contributed by atoms with E-state index in [1.54, 1.807) is 5.38 Å². The van der Waals surface area contributed by atoms with E-state index in [1.165, 1.54) is 11.3 Å². The molecule has 0 radical (unpaired) electrons. The summed E-state index contributed by atoms with van der Waals surface area (Å²) < 4.78 is 0. The quantitative estimate of drug-likeness (QED) is 0.795. The van der Waals surface area contributed by atoms with Gasteiger partial charge in [-0.25, -0.2) is 4.98 Å². The molecule has 1 aromatic rings. The Morgan fingerprint density at radius 3 is 2.71 bits per heavy atom. The zero-order valence-electron chi connectivity index (χ0n) is 10.8. The summed E-state index contributed by atoms with van der Waals surface area (Å²) in [6.07, 6.45) is 3.35. The summed E-state index contributed by atoms with van der Waals surface area (Å²) in [6, 6.07) is 0.197. The smallest absolute Gasteiger partial charge is 0.273 e. The fourth-order valence-electron chi connectivity index (χ4n) is 1.66. The van der Waals surface area contributed by atoms with E-state index >= 15 is 0 Å². The van der Waals surface area contributed by atoms with Gasteiger partial charge in [-0.2, -0.15) is 0 Å². The Hall–Kier alpha value is -1.10. The van der Waals surface area contributed by atoms with Gasteiger partial charge in [-0.15, -0.1) is 11.3 Å². The predicted octanol–water partition coefficient (Wildman–Crippen LogP) is 2.77. The molecule has 0 saturated heterocycles. The summed E-state index contributed by atoms with van der Waals surface area (Å²) >= 11 is 1.31. The van der Waals surface area contributed by atoms with Crippen LogP contribution in [0.25, 0.3) is 0 Å². The van der Waals surface area contributed by atoms with Gasteiger partial charge < -0.3 is 10.6 Å². The zero-order valence-corrected chi connectivity index (χ0v) is 11.6. The highest BCUT2D eigenvalue weighted by molar-refractivity contribution is 7.13. The number of unbranched alkanes of at least 4 members (excludes halogenated alkanes) is 2. The number of nitrogens with two attached hydrogens (primary N) is 1. The molecule has 2 N–H and O–H groups in total. The van der Waals surface area contributed by atoms with Crippen LogP contribution in [0.3, 0.4) is 0 Å². The van der Waals surface area contributed by atoms with E-state index in [1.807, 2.05) is 18.7 Å². The van der Waals surface area contributed by atoms with E-state index in [0.29, 0.717) is 10.8 Å². The fourth-order valence-corrected chi connectivity index (χ4v) is 2.20. The highest BCUT2D eigenvalue weighted by atomic mass is 32.1. The van der Waals surface area contributed by atoms with E-state index in [0.717, 1.165) is 25.8 Å². The van der Waals surface area contributed by atoms with Gasteiger partial charge in [0, 0.05) is 18.0 Å². The predicted molar refractivity (Wildman–Crippen MR) is 72.2 cm³/mol. The number of hydrogen-bond acceptors (Lipinski definition) is 4. The third-order valence-electron chi connectivity index (χ3n) is 2.63. The van der Waals surface area contributed by atoms with Crippen molar-refractivity contribution in [2.45, 2.75) is 46.1 Å². The van der Waals surface area contributed by atoms with Gasteiger partial charge in [0.25, 0.3) is 5.91 Å². The van der Waals surface area contributed by atoms with Gasteiger partial charge in [-0.05, 0) is 20.3 Å². The molecule has 1 heterocycles. The summed E-state index contributed by atoms with van der Waals surface area (Å²) in [4.78, 5) is 18.1. The van der Waals surface area contributed by atoms with Gasteiger partial charge in [0.1, 0.15) is 5.69 Å². The number of nitrogens with zero attached hydrogens (tertiary/aromatic N) is 2. The summed E-state index contributed by atoms with van der Waals surface area (Å²) in [5.74, 6) is -0.0101. The highest BCUT2D eigenvalue weighted by Crippen LogP contribution is 2.15. The Morgan fingerprint density at radius 2 is 2.24 bits per heavy atom. The first-order valence-corrected chi connectivity index (χ1v) is 6.96. The second-order valence-electron chi connectivity index (χ2n) is 4.37. The van der Waals surface area contributed by atoms with Crippen LogP contribution in [-0.4, -0.2) is 28.4 Å². The van der Waals surface area contributed by atoms with Crippen LogP contribution in [-0.2, 0) is 0 Å². The standard InChI is InChI=1S/C12H21N3OS/c1-4-5-6-7-15(9(2)3)11(16)10-8-17-12(13)14-10/h8-9H,4-7H2,1-3H3,(H2,13,14). The van der Waals surface area contributed by atoms with Crippen molar-refractivity contribution in [2.24, 2.45) is 0 Å². The summed E-state index contributed by atoms with van der Waals surface area (Å²) in [6.45, 7) is 7.00. The van der Waals surface area contributed by atoms with Gasteiger partial charge in [-0.3, -0.25) is 4.79 Å². The molecule has 0 aliphatic rings. The second-order valence-corrected chi connectivity index (χ2v) is 5.26. The molecule has 0 atom stereocenters. The number of nitrogen functional groups attached to an aromatic ring is 1. The van der Waals surface area contributed by atoms with Crippen molar-refractivity contribution < 1.29 is 4.79 Å². The molecule has 0 aliphatic heterocycles. The normalized spacial score (nSPS) is 10.8. The minimum absolute atomic E-state index is 0.0101. The minimum atomic E-state index is -0.0101. The van der Waals surface area contributed by atoms with Crippen molar-refractivity contribution in [3.8, 4) is 0 Å². The SMILES string of the molecule is CCCCCN(C(=O)c1csc(N)n1)C(C)C. The Balaban J connectivity index is 2.67. The molecule has 1 rings (SSSR count). The lowest BCUT2D eigenvalue weighted by Crippen LogP contribution is -2.37. The van der Waals surface area contributed by atoms with Crippen molar-refractivity contribution in [2.75, 3.05) is 12.3 Å². The average Bonchev–Trinajstić information content (AvgIpc) is 2.70. The van der Waals surface area contributed by atoms with Crippen LogP contribution >= 0.6 is 11.3 Å². The van der Waals surface area contributed by atoms with Gasteiger partial charge in [-0.1, -0.05) is 19.8 Å². The van der Waals surface area contributed by atoms with Crippen molar-refractivity contribution >= 4 is 22.4 Å². The third kappa shape index (κ3) is 4.00. The molecule has 17 heavy (non-hydrogen) atoms. The zero-order chi connectivity index (χ0) is 12.8. The maximum Gasteiger partial charge on any atom is 0.273 e. The Labute approximate surface area is 107 Å². The van der Waals surface area contributed by atoms with Crippen LogP contribution in [0.15, 0.2) is 5.38 Å². The molecule has 96 valence electrons. The Kier molecular flexibility index (Phi) is 5.41. The first-order valence-electron chi connectivity index (χ1n) is 6.08. The molecule has 0 aliphatic carbocycles.